The molecule has 0 bridgehead atoms. The van der Waals surface area contributed by atoms with Gasteiger partial charge in [-0.2, -0.15) is 0 Å². The lowest BCUT2D eigenvalue weighted by atomic mass is 10.2. The van der Waals surface area contributed by atoms with Crippen LogP contribution in [-0.4, -0.2) is 35.6 Å². The number of anilines is 1. The number of carbonyl (C=O) groups excluding carboxylic acids is 2. The molecule has 2 N–H and O–H groups in total. The number of aryl methyl sites for hydroxylation is 2. The zero-order chi connectivity index (χ0) is 22.9. The normalized spacial score (nSPS) is 10.7. The van der Waals surface area contributed by atoms with Gasteiger partial charge in [-0.05, 0) is 49.8 Å². The summed E-state index contributed by atoms with van der Waals surface area (Å²) >= 11 is 0. The Balaban J connectivity index is 1.53. The Morgan fingerprint density at radius 2 is 2.03 bits per heavy atom. The highest BCUT2D eigenvalue weighted by atomic mass is 16.5. The fourth-order valence-corrected chi connectivity index (χ4v) is 2.81. The fourth-order valence-electron chi connectivity index (χ4n) is 2.81. The lowest BCUT2D eigenvalue weighted by molar-refractivity contribution is -0.121. The minimum atomic E-state index is -0.399. The van der Waals surface area contributed by atoms with E-state index >= 15 is 0 Å². The first kappa shape index (κ1) is 22.5. The highest BCUT2D eigenvalue weighted by Crippen LogP contribution is 2.30. The molecule has 1 aromatic carbocycles. The SMILES string of the molecule is COc1cc(/C=C/C(=O)NCC(=O)Nc2cccnc2)ccc1OCc1c(C)noc1C. The van der Waals surface area contributed by atoms with Gasteiger partial charge in [0.15, 0.2) is 11.5 Å². The van der Waals surface area contributed by atoms with Gasteiger partial charge in [0.2, 0.25) is 11.8 Å². The van der Waals surface area contributed by atoms with Gasteiger partial charge in [0.05, 0.1) is 36.8 Å². The largest absolute Gasteiger partial charge is 0.493 e. The predicted octanol–water partition coefficient (Wildman–Crippen LogP) is 3.04. The second-order valence-corrected chi connectivity index (χ2v) is 6.84. The topological polar surface area (TPSA) is 116 Å². The van der Waals surface area contributed by atoms with Gasteiger partial charge in [-0.15, -0.1) is 0 Å². The summed E-state index contributed by atoms with van der Waals surface area (Å²) in [5, 5.41) is 9.08. The summed E-state index contributed by atoms with van der Waals surface area (Å²) in [7, 11) is 1.54. The molecule has 0 atom stereocenters. The van der Waals surface area contributed by atoms with Crippen LogP contribution in [0.2, 0.25) is 0 Å². The quantitative estimate of drug-likeness (QED) is 0.495. The molecule has 0 aliphatic rings. The zero-order valence-electron chi connectivity index (χ0n) is 18.0. The molecule has 0 saturated heterocycles. The Hall–Kier alpha value is -4.14. The van der Waals surface area contributed by atoms with Crippen LogP contribution in [0.4, 0.5) is 5.69 Å². The second-order valence-electron chi connectivity index (χ2n) is 6.84. The molecule has 0 fully saturated rings. The Bertz CT molecular complexity index is 1090. The summed E-state index contributed by atoms with van der Waals surface area (Å²) in [6.45, 7) is 3.83. The van der Waals surface area contributed by atoms with Crippen LogP contribution in [0, 0.1) is 13.8 Å². The third-order valence-electron chi connectivity index (χ3n) is 4.54. The fraction of sp³-hybridized carbons (Fsp3) is 0.217. The maximum absolute atomic E-state index is 12.0. The van der Waals surface area contributed by atoms with E-state index in [0.29, 0.717) is 29.6 Å². The number of pyridine rings is 1. The maximum Gasteiger partial charge on any atom is 0.244 e. The van der Waals surface area contributed by atoms with E-state index in [1.54, 1.807) is 49.7 Å². The number of hydrogen-bond donors (Lipinski definition) is 2. The molecule has 0 radical (unpaired) electrons. The maximum atomic E-state index is 12.0. The second kappa shape index (κ2) is 10.8. The highest BCUT2D eigenvalue weighted by Gasteiger charge is 2.12. The lowest BCUT2D eigenvalue weighted by Gasteiger charge is -2.11. The van der Waals surface area contributed by atoms with Gasteiger partial charge in [-0.3, -0.25) is 14.6 Å². The van der Waals surface area contributed by atoms with Gasteiger partial charge in [0.25, 0.3) is 0 Å². The molecule has 166 valence electrons. The van der Waals surface area contributed by atoms with Crippen molar-refractivity contribution >= 4 is 23.6 Å². The number of carbonyl (C=O) groups is 2. The van der Waals surface area contributed by atoms with Gasteiger partial charge in [0.1, 0.15) is 12.4 Å². The molecule has 2 amide bonds. The van der Waals surface area contributed by atoms with E-state index < -0.39 is 5.91 Å². The molecule has 0 aliphatic heterocycles. The first-order chi connectivity index (χ1) is 15.5. The molecule has 0 saturated carbocycles. The number of ether oxygens (including phenoxy) is 2. The zero-order valence-corrected chi connectivity index (χ0v) is 18.0. The number of nitrogens with one attached hydrogen (secondary N) is 2. The van der Waals surface area contributed by atoms with Crippen molar-refractivity contribution in [1.82, 2.24) is 15.5 Å². The molecule has 2 heterocycles. The van der Waals surface area contributed by atoms with Crippen molar-refractivity contribution in [1.29, 1.82) is 0 Å². The van der Waals surface area contributed by atoms with Gasteiger partial charge in [-0.25, -0.2) is 0 Å². The Labute approximate surface area is 185 Å². The predicted molar refractivity (Wildman–Crippen MR) is 118 cm³/mol. The van der Waals surface area contributed by atoms with Crippen LogP contribution >= 0.6 is 0 Å². The first-order valence-electron chi connectivity index (χ1n) is 9.84. The smallest absolute Gasteiger partial charge is 0.244 e. The van der Waals surface area contributed by atoms with E-state index in [1.165, 1.54) is 12.3 Å². The molecular weight excluding hydrogens is 412 g/mol. The Morgan fingerprint density at radius 1 is 1.19 bits per heavy atom. The van der Waals surface area contributed by atoms with Crippen molar-refractivity contribution in [3.05, 3.63) is 71.4 Å². The minimum Gasteiger partial charge on any atom is -0.493 e. The molecule has 3 rings (SSSR count). The van der Waals surface area contributed by atoms with Crippen molar-refractivity contribution < 1.29 is 23.6 Å². The lowest BCUT2D eigenvalue weighted by Crippen LogP contribution is -2.31. The molecule has 32 heavy (non-hydrogen) atoms. The first-order valence-corrected chi connectivity index (χ1v) is 9.84. The molecule has 9 nitrogen and oxygen atoms in total. The summed E-state index contributed by atoms with van der Waals surface area (Å²) in [6.07, 6.45) is 6.09. The average Bonchev–Trinajstić information content (AvgIpc) is 3.12. The van der Waals surface area contributed by atoms with Gasteiger partial charge >= 0.3 is 0 Å². The van der Waals surface area contributed by atoms with E-state index in [1.807, 2.05) is 13.8 Å². The van der Waals surface area contributed by atoms with Crippen LogP contribution in [0.1, 0.15) is 22.6 Å². The van der Waals surface area contributed by atoms with Crippen LogP contribution in [0.5, 0.6) is 11.5 Å². The van der Waals surface area contributed by atoms with Gasteiger partial charge in [0, 0.05) is 12.3 Å². The van der Waals surface area contributed by atoms with Crippen molar-refractivity contribution in [2.45, 2.75) is 20.5 Å². The number of hydrogen-bond acceptors (Lipinski definition) is 7. The average molecular weight is 436 g/mol. The van der Waals surface area contributed by atoms with E-state index in [4.69, 9.17) is 14.0 Å². The van der Waals surface area contributed by atoms with Crippen LogP contribution in [0.3, 0.4) is 0 Å². The van der Waals surface area contributed by atoms with Gasteiger partial charge < -0.3 is 24.6 Å². The minimum absolute atomic E-state index is 0.157. The van der Waals surface area contributed by atoms with E-state index in [-0.39, 0.29) is 12.5 Å². The van der Waals surface area contributed by atoms with Crippen molar-refractivity contribution in [2.24, 2.45) is 0 Å². The van der Waals surface area contributed by atoms with Crippen molar-refractivity contribution in [3.63, 3.8) is 0 Å². The standard InChI is InChI=1S/C23H24N4O5/c1-15-19(16(2)32-27-15)14-31-20-8-6-17(11-21(20)30-3)7-9-22(28)25-13-23(29)26-18-5-4-10-24-12-18/h4-12H,13-14H2,1-3H3,(H,25,28)(H,26,29)/b9-7+. The van der Waals surface area contributed by atoms with Crippen molar-refractivity contribution in [2.75, 3.05) is 19.0 Å². The molecule has 2 aromatic heterocycles. The summed E-state index contributed by atoms with van der Waals surface area (Å²) < 4.78 is 16.4. The number of benzene rings is 1. The summed E-state index contributed by atoms with van der Waals surface area (Å²) in [6, 6.07) is 8.72. The van der Waals surface area contributed by atoms with E-state index in [2.05, 4.69) is 20.8 Å². The van der Waals surface area contributed by atoms with Crippen LogP contribution in [0.25, 0.3) is 6.08 Å². The van der Waals surface area contributed by atoms with Crippen molar-refractivity contribution in [3.8, 4) is 11.5 Å². The molecule has 3 aromatic rings. The molecular formula is C23H24N4O5. The summed E-state index contributed by atoms with van der Waals surface area (Å²) in [5.41, 5.74) is 2.97. The van der Waals surface area contributed by atoms with E-state index in [0.717, 1.165) is 16.8 Å². The number of rotatable bonds is 9. The van der Waals surface area contributed by atoms with E-state index in [9.17, 15) is 9.59 Å². The summed E-state index contributed by atoms with van der Waals surface area (Å²) in [5.74, 6) is 1.04. The number of nitrogens with zero attached hydrogens (tertiary/aromatic N) is 2. The monoisotopic (exact) mass is 436 g/mol. The third-order valence-corrected chi connectivity index (χ3v) is 4.54. The third kappa shape index (κ3) is 6.18. The molecule has 0 aliphatic carbocycles. The van der Waals surface area contributed by atoms with Crippen LogP contribution in [0.15, 0.2) is 53.3 Å². The molecule has 0 spiro atoms. The number of aromatic nitrogens is 2. The Kier molecular flexibility index (Phi) is 7.58. The highest BCUT2D eigenvalue weighted by molar-refractivity contribution is 5.97. The van der Waals surface area contributed by atoms with Crippen LogP contribution < -0.4 is 20.1 Å². The molecule has 0 unspecified atom stereocenters. The summed E-state index contributed by atoms with van der Waals surface area (Å²) in [4.78, 5) is 27.8. The number of amides is 2. The van der Waals surface area contributed by atoms with Gasteiger partial charge in [-0.1, -0.05) is 11.2 Å². The Morgan fingerprint density at radius 3 is 2.72 bits per heavy atom. The molecule has 9 heteroatoms. The number of methoxy groups -OCH3 is 1. The van der Waals surface area contributed by atoms with Crippen LogP contribution in [-0.2, 0) is 16.2 Å².